The molecule has 2 aliphatic heterocycles. The van der Waals surface area contributed by atoms with Crippen molar-refractivity contribution in [1.29, 1.82) is 0 Å². The predicted molar refractivity (Wildman–Crippen MR) is 131 cm³/mol. The van der Waals surface area contributed by atoms with Crippen molar-refractivity contribution in [2.75, 3.05) is 17.7 Å². The van der Waals surface area contributed by atoms with Crippen molar-refractivity contribution < 1.29 is 4.79 Å². The molecule has 1 aromatic heterocycles. The van der Waals surface area contributed by atoms with Crippen molar-refractivity contribution >= 4 is 29.5 Å². The van der Waals surface area contributed by atoms with E-state index < -0.39 is 5.41 Å². The standard InChI is InChI=1S/C19H18ClN3O.3C2H6/c20-11-13-3-1-4-14-9-19(10-15(14)6-8-21-12-13)16-5-2-7-22-17(16)23-18(19)24;3*1-2/h2-7,12H,1,8-11H2,(H,22,23,24);3*1-2H3/b13-3-,14-4-,15-6-,21-12?;;;. The topological polar surface area (TPSA) is 54.4 Å². The van der Waals surface area contributed by atoms with E-state index in [0.717, 1.165) is 24.0 Å². The summed E-state index contributed by atoms with van der Waals surface area (Å²) in [6, 6.07) is 3.92. The van der Waals surface area contributed by atoms with E-state index in [2.05, 4.69) is 33.5 Å². The van der Waals surface area contributed by atoms with Crippen LogP contribution in [-0.2, 0) is 10.2 Å². The Kier molecular flexibility index (Phi) is 11.3. The third kappa shape index (κ3) is 5.48. The molecule has 4 rings (SSSR count). The van der Waals surface area contributed by atoms with E-state index in [1.807, 2.05) is 59.9 Å². The first kappa shape index (κ1) is 25.8. The van der Waals surface area contributed by atoms with Crippen molar-refractivity contribution in [3.05, 3.63) is 58.8 Å². The number of hydrogen-bond donors (Lipinski definition) is 1. The van der Waals surface area contributed by atoms with Gasteiger partial charge in [-0.3, -0.25) is 9.79 Å². The van der Waals surface area contributed by atoms with Crippen molar-refractivity contribution in [3.8, 4) is 0 Å². The Hall–Kier alpha value is -2.20. The van der Waals surface area contributed by atoms with Crippen molar-refractivity contribution in [1.82, 2.24) is 4.98 Å². The Labute approximate surface area is 187 Å². The molecule has 164 valence electrons. The number of rotatable bonds is 1. The van der Waals surface area contributed by atoms with Gasteiger partial charge in [0, 0.05) is 23.9 Å². The molecule has 3 heterocycles. The molecule has 1 aliphatic carbocycles. The van der Waals surface area contributed by atoms with Gasteiger partial charge in [0.05, 0.1) is 12.0 Å². The van der Waals surface area contributed by atoms with Gasteiger partial charge in [0.1, 0.15) is 5.82 Å². The molecule has 5 heteroatoms. The number of fused-ring (bicyclic) bond motifs is 3. The first-order chi connectivity index (χ1) is 14.7. The van der Waals surface area contributed by atoms with Crippen LogP contribution in [0.2, 0.25) is 0 Å². The van der Waals surface area contributed by atoms with E-state index in [-0.39, 0.29) is 5.91 Å². The van der Waals surface area contributed by atoms with Crippen molar-refractivity contribution in [2.24, 2.45) is 4.99 Å². The summed E-state index contributed by atoms with van der Waals surface area (Å²) >= 11 is 5.93. The highest BCUT2D eigenvalue weighted by atomic mass is 35.5. The Bertz CT molecular complexity index is 823. The quantitative estimate of drug-likeness (QED) is 0.509. The minimum Gasteiger partial charge on any atom is -0.310 e. The number of allylic oxidation sites excluding steroid dienone is 5. The number of carbonyl (C=O) groups excluding carboxylic acids is 1. The van der Waals surface area contributed by atoms with Gasteiger partial charge in [-0.15, -0.1) is 11.6 Å². The number of amides is 1. The average molecular weight is 430 g/mol. The molecule has 0 bridgehead atoms. The van der Waals surface area contributed by atoms with E-state index in [4.69, 9.17) is 11.6 Å². The smallest absolute Gasteiger partial charge is 0.237 e. The Morgan fingerprint density at radius 1 is 1.03 bits per heavy atom. The van der Waals surface area contributed by atoms with Gasteiger partial charge in [0.25, 0.3) is 0 Å². The summed E-state index contributed by atoms with van der Waals surface area (Å²) in [5.41, 5.74) is 4.00. The van der Waals surface area contributed by atoms with Gasteiger partial charge < -0.3 is 5.32 Å². The molecule has 1 unspecified atom stereocenters. The molecule has 0 aromatic carbocycles. The summed E-state index contributed by atoms with van der Waals surface area (Å²) in [4.78, 5) is 21.5. The first-order valence-electron chi connectivity index (χ1n) is 11.1. The molecule has 30 heavy (non-hydrogen) atoms. The maximum atomic E-state index is 12.7. The lowest BCUT2D eigenvalue weighted by Crippen LogP contribution is -2.31. The highest BCUT2D eigenvalue weighted by Crippen LogP contribution is 2.52. The zero-order chi connectivity index (χ0) is 22.6. The fourth-order valence-electron chi connectivity index (χ4n) is 3.77. The lowest BCUT2D eigenvalue weighted by Gasteiger charge is -2.19. The maximum absolute atomic E-state index is 12.7. The number of anilines is 1. The Morgan fingerprint density at radius 3 is 2.37 bits per heavy atom. The monoisotopic (exact) mass is 429 g/mol. The van der Waals surface area contributed by atoms with E-state index in [0.29, 0.717) is 24.7 Å². The Morgan fingerprint density at radius 2 is 1.70 bits per heavy atom. The van der Waals surface area contributed by atoms with Gasteiger partial charge >= 0.3 is 0 Å². The number of nitrogens with one attached hydrogen (secondary N) is 1. The lowest BCUT2D eigenvalue weighted by molar-refractivity contribution is -0.120. The van der Waals surface area contributed by atoms with Crippen LogP contribution in [0.25, 0.3) is 0 Å². The van der Waals surface area contributed by atoms with Crippen LogP contribution in [0.4, 0.5) is 5.82 Å². The minimum absolute atomic E-state index is 0.0564. The predicted octanol–water partition coefficient (Wildman–Crippen LogP) is 6.64. The molecule has 1 aromatic rings. The molecule has 0 radical (unpaired) electrons. The molecule has 1 saturated carbocycles. The van der Waals surface area contributed by atoms with E-state index in [9.17, 15) is 4.79 Å². The number of hydrogen-bond acceptors (Lipinski definition) is 3. The molecule has 1 atom stereocenters. The number of halogens is 1. The number of alkyl halides is 1. The summed E-state index contributed by atoms with van der Waals surface area (Å²) in [7, 11) is 0. The summed E-state index contributed by atoms with van der Waals surface area (Å²) < 4.78 is 0. The largest absolute Gasteiger partial charge is 0.310 e. The molecule has 3 aliphatic rings. The van der Waals surface area contributed by atoms with Crippen LogP contribution in [0.5, 0.6) is 0 Å². The fraction of sp³-hybridized carbons (Fsp3) is 0.480. The zero-order valence-corrected chi connectivity index (χ0v) is 20.0. The van der Waals surface area contributed by atoms with Gasteiger partial charge in [0.15, 0.2) is 0 Å². The van der Waals surface area contributed by atoms with Crippen LogP contribution in [0.15, 0.2) is 58.3 Å². The molecule has 1 N–H and O–H groups in total. The molecular weight excluding hydrogens is 394 g/mol. The number of aromatic nitrogens is 1. The Balaban J connectivity index is 0.000000691. The number of carbonyl (C=O) groups is 1. The minimum atomic E-state index is -0.516. The van der Waals surface area contributed by atoms with E-state index in [1.54, 1.807) is 6.20 Å². The van der Waals surface area contributed by atoms with Crippen LogP contribution in [0.3, 0.4) is 0 Å². The highest BCUT2D eigenvalue weighted by molar-refractivity contribution is 6.21. The van der Waals surface area contributed by atoms with E-state index in [1.165, 1.54) is 11.1 Å². The van der Waals surface area contributed by atoms with Crippen LogP contribution >= 0.6 is 11.6 Å². The zero-order valence-electron chi connectivity index (χ0n) is 19.3. The third-order valence-corrected chi connectivity index (χ3v) is 5.29. The molecule has 4 nitrogen and oxygen atoms in total. The molecule has 1 spiro atoms. The second-order valence-electron chi connectivity index (χ2n) is 6.39. The van der Waals surface area contributed by atoms with Crippen LogP contribution in [-0.4, -0.2) is 29.5 Å². The summed E-state index contributed by atoms with van der Waals surface area (Å²) in [5.74, 6) is 1.23. The lowest BCUT2D eigenvalue weighted by atomic mass is 9.80. The summed E-state index contributed by atoms with van der Waals surface area (Å²) in [6.07, 6.45) is 12.2. The molecule has 1 amide bonds. The van der Waals surface area contributed by atoms with Gasteiger partial charge in [-0.25, -0.2) is 4.98 Å². The maximum Gasteiger partial charge on any atom is 0.237 e. The fourth-order valence-corrected chi connectivity index (χ4v) is 3.94. The van der Waals surface area contributed by atoms with Gasteiger partial charge in [-0.1, -0.05) is 65.8 Å². The van der Waals surface area contributed by atoms with Gasteiger partial charge in [-0.05, 0) is 42.0 Å². The summed E-state index contributed by atoms with van der Waals surface area (Å²) in [6.45, 7) is 12.6. The second-order valence-corrected chi connectivity index (χ2v) is 6.66. The SMILES string of the molecule is CC.CC.CC.O=C1Nc2ncccc2C12CC1=C/C/C=C(/CCl)C=NC/C=C\1C2. The van der Waals surface area contributed by atoms with Crippen molar-refractivity contribution in [3.63, 3.8) is 0 Å². The molecule has 1 fully saturated rings. The van der Waals surface area contributed by atoms with Gasteiger partial charge in [-0.2, -0.15) is 0 Å². The van der Waals surface area contributed by atoms with E-state index >= 15 is 0 Å². The number of aliphatic imine (C=N–C) groups is 1. The summed E-state index contributed by atoms with van der Waals surface area (Å²) in [5, 5.41) is 2.95. The van der Waals surface area contributed by atoms with Crippen LogP contribution in [0, 0.1) is 0 Å². The first-order valence-corrected chi connectivity index (χ1v) is 11.7. The molecular formula is C25H36ClN3O. The molecule has 0 saturated heterocycles. The second kappa shape index (κ2) is 13.2. The normalized spacial score (nSPS) is 26.2. The third-order valence-electron chi connectivity index (χ3n) is 4.99. The van der Waals surface area contributed by atoms with Crippen molar-refractivity contribution in [2.45, 2.75) is 66.2 Å². The average Bonchev–Trinajstić information content (AvgIpc) is 3.32. The van der Waals surface area contributed by atoms with Crippen LogP contribution < -0.4 is 5.32 Å². The van der Waals surface area contributed by atoms with Crippen LogP contribution in [0.1, 0.15) is 66.4 Å². The number of pyridine rings is 1. The van der Waals surface area contributed by atoms with Gasteiger partial charge in [0.2, 0.25) is 5.91 Å². The number of nitrogens with zero attached hydrogens (tertiary/aromatic N) is 2. The highest BCUT2D eigenvalue weighted by Gasteiger charge is 2.52.